The number of nitrogens with zero attached hydrogens (tertiary/aromatic N) is 1. The molecule has 0 aromatic heterocycles. The fourth-order valence-electron chi connectivity index (χ4n) is 0.240. The molecule has 0 fully saturated rings. The fourth-order valence-corrected chi connectivity index (χ4v) is 1.31. The van der Waals surface area contributed by atoms with Crippen molar-refractivity contribution in [1.82, 2.24) is 0 Å². The number of rotatable bonds is 4. The van der Waals surface area contributed by atoms with Gasteiger partial charge in [-0.15, -0.1) is 0 Å². The van der Waals surface area contributed by atoms with E-state index in [9.17, 15) is 0 Å². The van der Waals surface area contributed by atoms with Gasteiger partial charge in [-0.3, -0.25) is 0 Å². The third kappa shape index (κ3) is 17.8. The summed E-state index contributed by atoms with van der Waals surface area (Å²) in [6.07, 6.45) is 0. The third-order valence-corrected chi connectivity index (χ3v) is 1.97. The Labute approximate surface area is 74.7 Å². The van der Waals surface area contributed by atoms with Gasteiger partial charge in [0.25, 0.3) is 7.73 Å². The summed E-state index contributed by atoms with van der Waals surface area (Å²) in [6, 6.07) is 0. The smallest absolute Gasteiger partial charge is 0.276 e. The molecule has 0 rings (SSSR count). The highest BCUT2D eigenvalue weighted by atomic mass is 35.7. The van der Waals surface area contributed by atoms with Gasteiger partial charge < -0.3 is 9.05 Å². The minimum absolute atomic E-state index is 0.620. The Bertz CT molecular complexity index is 105. The summed E-state index contributed by atoms with van der Waals surface area (Å²) >= 11 is 5.50. The van der Waals surface area contributed by atoms with E-state index in [1.807, 2.05) is 13.8 Å². The molecule has 0 heterocycles. The molecule has 0 saturated heterocycles. The maximum absolute atomic E-state index is 7.10. The Morgan fingerprint density at radius 1 is 1.45 bits per heavy atom. The fraction of sp³-hybridized carbons (Fsp3) is 0.800. The van der Waals surface area contributed by atoms with Crippen molar-refractivity contribution in [1.29, 1.82) is 5.26 Å². The normalized spacial score (nSPS) is 8.27. The third-order valence-electron chi connectivity index (χ3n) is 0.461. The van der Waals surface area contributed by atoms with Crippen molar-refractivity contribution in [2.75, 3.05) is 13.2 Å². The molecule has 0 aromatic carbocycles. The van der Waals surface area contributed by atoms with E-state index < -0.39 is 7.73 Å². The predicted molar refractivity (Wildman–Crippen MR) is 47.4 cm³/mol. The van der Waals surface area contributed by atoms with Crippen LogP contribution >= 0.6 is 19.0 Å². The first kappa shape index (κ1) is 13.8. The topological polar surface area (TPSA) is 42.2 Å². The van der Waals surface area contributed by atoms with E-state index in [4.69, 9.17) is 25.6 Å². The van der Waals surface area contributed by atoms with E-state index in [-0.39, 0.29) is 0 Å². The molecule has 3 nitrogen and oxygen atoms in total. The second-order valence-corrected chi connectivity index (χ2v) is 2.95. The van der Waals surface area contributed by atoms with Gasteiger partial charge in [0.1, 0.15) is 0 Å². The van der Waals surface area contributed by atoms with E-state index in [0.717, 1.165) is 0 Å². The number of hydrogen-bond acceptors (Lipinski definition) is 3. The van der Waals surface area contributed by atoms with Crippen LogP contribution in [-0.2, 0) is 9.05 Å². The van der Waals surface area contributed by atoms with Gasteiger partial charge in [-0.05, 0) is 31.1 Å². The first-order valence-corrected chi connectivity index (χ1v) is 5.12. The second kappa shape index (κ2) is 12.8. The molecule has 0 atom stereocenters. The number of nitriles is 1. The summed E-state index contributed by atoms with van der Waals surface area (Å²) in [5.74, 6) is 1.25. The first-order valence-electron chi connectivity index (χ1n) is 3.04. The van der Waals surface area contributed by atoms with Crippen LogP contribution in [0.25, 0.3) is 0 Å². The van der Waals surface area contributed by atoms with E-state index >= 15 is 0 Å². The maximum Gasteiger partial charge on any atom is 0.276 e. The Balaban J connectivity index is 0. The molecule has 0 aliphatic carbocycles. The quantitative estimate of drug-likeness (QED) is 0.507. The van der Waals surface area contributed by atoms with Gasteiger partial charge in [0.15, 0.2) is 0 Å². The second-order valence-electron chi connectivity index (χ2n) is 1.18. The summed E-state index contributed by atoms with van der Waals surface area (Å²) in [6.45, 7) is 5.01. The molecule has 0 bridgehead atoms. The monoisotopic (exact) mass is 193 g/mol. The average Bonchev–Trinajstić information content (AvgIpc) is 1.90. The highest BCUT2D eigenvalue weighted by Gasteiger charge is 2.00. The van der Waals surface area contributed by atoms with Gasteiger partial charge >= 0.3 is 0 Å². The Morgan fingerprint density at radius 2 is 1.73 bits per heavy atom. The molecule has 62 valence electrons. The van der Waals surface area contributed by atoms with E-state index in [1.165, 1.54) is 5.97 Å². The first-order chi connectivity index (χ1) is 5.22. The molecule has 0 spiro atoms. The summed E-state index contributed by atoms with van der Waals surface area (Å²) in [4.78, 5) is 0. The van der Waals surface area contributed by atoms with E-state index in [1.54, 1.807) is 0 Å². The van der Waals surface area contributed by atoms with Crippen molar-refractivity contribution in [2.24, 2.45) is 0 Å². The van der Waals surface area contributed by atoms with Crippen molar-refractivity contribution < 1.29 is 9.05 Å². The van der Waals surface area contributed by atoms with Crippen LogP contribution in [-0.4, -0.2) is 21.1 Å². The lowest BCUT2D eigenvalue weighted by Crippen LogP contribution is -1.83. The van der Waals surface area contributed by atoms with Crippen LogP contribution in [0.15, 0.2) is 0 Å². The van der Waals surface area contributed by atoms with Gasteiger partial charge in [0, 0.05) is 0 Å². The zero-order valence-electron chi connectivity index (χ0n) is 6.58. The molecule has 0 N–H and O–H groups in total. The largest absolute Gasteiger partial charge is 0.322 e. The van der Waals surface area contributed by atoms with Gasteiger partial charge in [-0.2, -0.15) is 0 Å². The molecule has 0 aliphatic rings. The van der Waals surface area contributed by atoms with Crippen LogP contribution in [0, 0.1) is 11.2 Å². The summed E-state index contributed by atoms with van der Waals surface area (Å²) in [7, 11) is 3.04. The standard InChI is InChI=1S/C4H10ClO2P.CBN/c1-3-6-8(5)7-4-2;2-1-3/h3-4H2,1-2H3;. The molecular weight excluding hydrogens is 183 g/mol. The van der Waals surface area contributed by atoms with E-state index in [0.29, 0.717) is 13.2 Å². The van der Waals surface area contributed by atoms with Crippen molar-refractivity contribution in [3.05, 3.63) is 0 Å². The molecule has 0 unspecified atom stereocenters. The van der Waals surface area contributed by atoms with Crippen LogP contribution in [0.5, 0.6) is 0 Å². The van der Waals surface area contributed by atoms with Gasteiger partial charge in [0.05, 0.1) is 13.2 Å². The Morgan fingerprint density at radius 3 is 1.91 bits per heavy atom. The summed E-state index contributed by atoms with van der Waals surface area (Å²) < 4.78 is 9.78. The van der Waals surface area contributed by atoms with Gasteiger partial charge in [-0.25, -0.2) is 5.26 Å². The lowest BCUT2D eigenvalue weighted by atomic mass is 10.2. The van der Waals surface area contributed by atoms with Crippen LogP contribution in [0.3, 0.4) is 0 Å². The van der Waals surface area contributed by atoms with Crippen molar-refractivity contribution >= 4 is 26.8 Å². The molecule has 6 heteroatoms. The van der Waals surface area contributed by atoms with Crippen LogP contribution in [0.2, 0.25) is 0 Å². The molecule has 11 heavy (non-hydrogen) atoms. The van der Waals surface area contributed by atoms with Gasteiger partial charge in [-0.1, -0.05) is 0 Å². The lowest BCUT2D eigenvalue weighted by Gasteiger charge is -2.04. The van der Waals surface area contributed by atoms with Crippen LogP contribution < -0.4 is 0 Å². The average molecular weight is 193 g/mol. The summed E-state index contributed by atoms with van der Waals surface area (Å²) in [5, 5.41) is 7.10. The van der Waals surface area contributed by atoms with Crippen molar-refractivity contribution in [2.45, 2.75) is 13.8 Å². The molecule has 0 amide bonds. The number of hydrogen-bond donors (Lipinski definition) is 0. The maximum atomic E-state index is 7.10. The van der Waals surface area contributed by atoms with Crippen molar-refractivity contribution in [3.63, 3.8) is 0 Å². The minimum Gasteiger partial charge on any atom is -0.322 e. The highest BCUT2D eigenvalue weighted by Crippen LogP contribution is 2.42. The van der Waals surface area contributed by atoms with E-state index in [2.05, 4.69) is 7.85 Å². The zero-order valence-corrected chi connectivity index (χ0v) is 8.23. The van der Waals surface area contributed by atoms with Crippen LogP contribution in [0.4, 0.5) is 0 Å². The van der Waals surface area contributed by atoms with Gasteiger partial charge in [0.2, 0.25) is 7.85 Å². The van der Waals surface area contributed by atoms with Crippen LogP contribution in [0.1, 0.15) is 13.8 Å². The van der Waals surface area contributed by atoms with Crippen molar-refractivity contribution in [3.8, 4) is 5.97 Å². The Hall–Kier alpha value is 0.195. The number of halogens is 1. The zero-order chi connectivity index (χ0) is 9.11. The molecule has 2 radical (unpaired) electrons. The molecule has 0 aromatic rings. The predicted octanol–water partition coefficient (Wildman–Crippen LogP) is 2.16. The Kier molecular flexibility index (Phi) is 16.1. The SMILES string of the molecule is CCOP(Cl)OCC.[B]C#N. The summed E-state index contributed by atoms with van der Waals surface area (Å²) in [5.41, 5.74) is 0. The lowest BCUT2D eigenvalue weighted by molar-refractivity contribution is 0.282. The minimum atomic E-state index is -1.11. The highest BCUT2D eigenvalue weighted by molar-refractivity contribution is 7.76. The molecule has 0 saturated carbocycles. The molecule has 0 aliphatic heterocycles. The molecular formula is C5H10BClNO2P.